The van der Waals surface area contributed by atoms with E-state index in [0.717, 1.165) is 12.8 Å². The van der Waals surface area contributed by atoms with Crippen LogP contribution in [0.1, 0.15) is 116 Å². The Morgan fingerprint density at radius 1 is 0.667 bits per heavy atom. The highest BCUT2D eigenvalue weighted by Crippen LogP contribution is 2.31. The van der Waals surface area contributed by atoms with Crippen LogP contribution in [0.3, 0.4) is 0 Å². The normalized spacial score (nSPS) is 16.4. The number of carboxylic acid groups (broad SMARTS) is 3. The average Bonchev–Trinajstić information content (AvgIpc) is 3.13. The van der Waals surface area contributed by atoms with E-state index in [4.69, 9.17) is 19.7 Å². The lowest BCUT2D eigenvalue weighted by molar-refractivity contribution is -0.145. The molecule has 1 aliphatic rings. The van der Waals surface area contributed by atoms with Gasteiger partial charge < -0.3 is 40.7 Å². The van der Waals surface area contributed by atoms with Crippen molar-refractivity contribution in [2.24, 2.45) is 17.8 Å². The zero-order chi connectivity index (χ0) is 40.3. The Labute approximate surface area is 316 Å². The van der Waals surface area contributed by atoms with E-state index in [2.05, 4.69) is 16.0 Å². The summed E-state index contributed by atoms with van der Waals surface area (Å²) in [5.41, 5.74) is 0. The number of ether oxygens (including phenoxy) is 2. The fourth-order valence-corrected chi connectivity index (χ4v) is 5.93. The predicted octanol–water partition coefficient (Wildman–Crippen LogP) is 2.21. The van der Waals surface area contributed by atoms with Crippen LogP contribution in [0.15, 0.2) is 0 Å². The number of Topliss-reactive ketones (excluding diaryl/α,β-unsaturated/α-hetero) is 3. The first-order chi connectivity index (χ1) is 25.7. The van der Waals surface area contributed by atoms with Gasteiger partial charge in [0.05, 0.1) is 31.7 Å². The van der Waals surface area contributed by atoms with E-state index in [1.165, 1.54) is 0 Å². The first kappa shape index (κ1) is 47.8. The highest BCUT2D eigenvalue weighted by Gasteiger charge is 2.31. The number of aliphatic carboxylic acids is 3. The molecule has 0 aliphatic heterocycles. The van der Waals surface area contributed by atoms with E-state index in [0.29, 0.717) is 38.6 Å². The summed E-state index contributed by atoms with van der Waals surface area (Å²) < 4.78 is 10.6. The third-order valence-electron chi connectivity index (χ3n) is 9.18. The van der Waals surface area contributed by atoms with Gasteiger partial charge in [-0.3, -0.25) is 43.2 Å². The van der Waals surface area contributed by atoms with Gasteiger partial charge in [0.2, 0.25) is 17.7 Å². The van der Waals surface area contributed by atoms with Crippen molar-refractivity contribution in [3.05, 3.63) is 0 Å². The van der Waals surface area contributed by atoms with Crippen molar-refractivity contribution >= 4 is 53.0 Å². The second-order valence-electron chi connectivity index (χ2n) is 13.7. The van der Waals surface area contributed by atoms with E-state index in [1.807, 2.05) is 6.92 Å². The van der Waals surface area contributed by atoms with Gasteiger partial charge in [-0.1, -0.05) is 13.3 Å². The highest BCUT2D eigenvalue weighted by atomic mass is 16.5. The van der Waals surface area contributed by atoms with Gasteiger partial charge in [0.25, 0.3) is 0 Å². The fourth-order valence-electron chi connectivity index (χ4n) is 5.93. The number of carbonyl (C=O) groups excluding carboxylic acids is 6. The third kappa shape index (κ3) is 23.4. The zero-order valence-corrected chi connectivity index (χ0v) is 31.4. The highest BCUT2D eigenvalue weighted by molar-refractivity contribution is 5.90. The smallest absolute Gasteiger partial charge is 0.306 e. The van der Waals surface area contributed by atoms with Crippen LogP contribution < -0.4 is 16.0 Å². The topological polar surface area (TPSA) is 269 Å². The molecule has 17 nitrogen and oxygen atoms in total. The van der Waals surface area contributed by atoms with E-state index in [9.17, 15) is 48.3 Å². The van der Waals surface area contributed by atoms with Gasteiger partial charge in [0.1, 0.15) is 12.4 Å². The maximum atomic E-state index is 13.0. The molecule has 306 valence electrons. The maximum Gasteiger partial charge on any atom is 0.306 e. The Hall–Kier alpha value is -4.25. The average molecular weight is 770 g/mol. The monoisotopic (exact) mass is 769 g/mol. The molecule has 0 radical (unpaired) electrons. The zero-order valence-electron chi connectivity index (χ0n) is 31.4. The molecule has 1 rings (SSSR count). The Bertz CT molecular complexity index is 1250. The van der Waals surface area contributed by atoms with Gasteiger partial charge in [-0.05, 0) is 63.7 Å². The van der Waals surface area contributed by atoms with Crippen molar-refractivity contribution in [1.82, 2.24) is 16.0 Å². The van der Waals surface area contributed by atoms with E-state index >= 15 is 0 Å². The first-order valence-electron chi connectivity index (χ1n) is 18.9. The number of carbonyl (C=O) groups is 9. The summed E-state index contributed by atoms with van der Waals surface area (Å²) in [4.78, 5) is 108. The second kappa shape index (κ2) is 28.2. The van der Waals surface area contributed by atoms with Crippen molar-refractivity contribution in [3.63, 3.8) is 0 Å². The lowest BCUT2D eigenvalue weighted by Gasteiger charge is -2.28. The number of hydrogen-bond acceptors (Lipinski definition) is 11. The molecule has 0 saturated heterocycles. The Kier molecular flexibility index (Phi) is 25.0. The summed E-state index contributed by atoms with van der Waals surface area (Å²) in [6.07, 6.45) is 3.82. The first-order valence-corrected chi connectivity index (χ1v) is 18.9. The van der Waals surface area contributed by atoms with Gasteiger partial charge in [-0.2, -0.15) is 0 Å². The lowest BCUT2D eigenvalue weighted by atomic mass is 9.78. The van der Waals surface area contributed by atoms with E-state index in [1.54, 1.807) is 0 Å². The molecule has 0 heterocycles. The van der Waals surface area contributed by atoms with Gasteiger partial charge >= 0.3 is 17.9 Å². The Morgan fingerprint density at radius 3 is 2.00 bits per heavy atom. The minimum Gasteiger partial charge on any atom is -0.481 e. The van der Waals surface area contributed by atoms with Gasteiger partial charge in [0.15, 0.2) is 11.6 Å². The number of ketones is 3. The lowest BCUT2D eigenvalue weighted by Crippen LogP contribution is -2.41. The van der Waals surface area contributed by atoms with Crippen LogP contribution in [0, 0.1) is 17.8 Å². The molecule has 1 saturated carbocycles. The number of hydrogen-bond donors (Lipinski definition) is 6. The number of rotatable bonds is 32. The van der Waals surface area contributed by atoms with Crippen LogP contribution in [0.2, 0.25) is 0 Å². The van der Waals surface area contributed by atoms with Crippen LogP contribution in [0.5, 0.6) is 0 Å². The minimum absolute atomic E-state index is 0.0203. The molecule has 1 aliphatic carbocycles. The van der Waals surface area contributed by atoms with Crippen LogP contribution in [-0.4, -0.2) is 114 Å². The van der Waals surface area contributed by atoms with Crippen molar-refractivity contribution in [2.45, 2.75) is 122 Å². The molecule has 6 N–H and O–H groups in total. The number of nitrogens with one attached hydrogen (secondary N) is 3. The number of unbranched alkanes of at least 4 members (excludes halogenated alkanes) is 1. The number of carboxylic acids is 3. The molecule has 0 spiro atoms. The maximum absolute atomic E-state index is 13.0. The molecule has 0 bridgehead atoms. The van der Waals surface area contributed by atoms with Crippen molar-refractivity contribution in [1.29, 1.82) is 0 Å². The van der Waals surface area contributed by atoms with Crippen molar-refractivity contribution in [2.75, 3.05) is 39.5 Å². The van der Waals surface area contributed by atoms with E-state index < -0.39 is 47.5 Å². The van der Waals surface area contributed by atoms with E-state index in [-0.39, 0.29) is 126 Å². The summed E-state index contributed by atoms with van der Waals surface area (Å²) in [6, 6.07) is -1.10. The molecule has 0 aromatic heterocycles. The fraction of sp³-hybridized carbons (Fsp3) is 0.757. The van der Waals surface area contributed by atoms with Crippen molar-refractivity contribution < 1.29 is 67.9 Å². The molecular formula is C37H59N3O14. The van der Waals surface area contributed by atoms with Crippen LogP contribution in [0.4, 0.5) is 0 Å². The second-order valence-corrected chi connectivity index (χ2v) is 13.7. The molecule has 2 unspecified atom stereocenters. The van der Waals surface area contributed by atoms with Gasteiger partial charge in [-0.25, -0.2) is 0 Å². The summed E-state index contributed by atoms with van der Waals surface area (Å²) >= 11 is 0. The number of amides is 3. The van der Waals surface area contributed by atoms with Gasteiger partial charge in [0, 0.05) is 64.0 Å². The minimum atomic E-state index is -1.23. The third-order valence-corrected chi connectivity index (χ3v) is 9.18. The molecule has 0 aromatic rings. The summed E-state index contributed by atoms with van der Waals surface area (Å²) in [5.74, 6) is -6.57. The molecule has 1 fully saturated rings. The standard InChI is InChI=1S/C37H59N3O14/c1-2-3-6-28(41)23-39-34(46)24-54-20-19-53-18-5-7-30(42)29(15-17-36(49)50)40-33(45)16-14-27(37(51)52)21-31(43)26-12-10-25(11-13-26)22-38-32(44)8-4-9-35(47)48/h25-27,29H,2-24H2,1H3,(H,38,44)(H,39,46)(H,40,45)(H,47,48)(H,49,50)(H,51,52). The van der Waals surface area contributed by atoms with Crippen LogP contribution >= 0.6 is 0 Å². The molecule has 54 heavy (non-hydrogen) atoms. The Morgan fingerprint density at radius 2 is 1.35 bits per heavy atom. The quantitative estimate of drug-likeness (QED) is 0.0536. The van der Waals surface area contributed by atoms with Crippen molar-refractivity contribution in [3.8, 4) is 0 Å². The molecule has 17 heteroatoms. The summed E-state index contributed by atoms with van der Waals surface area (Å²) in [5, 5.41) is 35.4. The molecule has 3 amide bonds. The predicted molar refractivity (Wildman–Crippen MR) is 192 cm³/mol. The SMILES string of the molecule is CCCCC(=O)CNC(=O)COCCOCCCC(=O)C(CCC(=O)O)NC(=O)CCC(CC(=O)C1CCC(CNC(=O)CCCC(=O)O)CC1)C(=O)O. The van der Waals surface area contributed by atoms with Crippen LogP contribution in [0.25, 0.3) is 0 Å². The molecule has 0 aromatic carbocycles. The summed E-state index contributed by atoms with van der Waals surface area (Å²) in [7, 11) is 0. The van der Waals surface area contributed by atoms with Crippen LogP contribution in [-0.2, 0) is 52.6 Å². The Balaban J connectivity index is 2.41. The largest absolute Gasteiger partial charge is 0.481 e. The van der Waals surface area contributed by atoms with Gasteiger partial charge in [-0.15, -0.1) is 0 Å². The molecular weight excluding hydrogens is 710 g/mol. The summed E-state index contributed by atoms with van der Waals surface area (Å²) in [6.45, 7) is 2.53. The molecule has 2 atom stereocenters.